The molecule has 0 N–H and O–H groups in total. The number of aromatic nitrogens is 2. The van der Waals surface area contributed by atoms with Gasteiger partial charge in [0, 0.05) is 12.0 Å². The van der Waals surface area contributed by atoms with Crippen molar-refractivity contribution in [3.63, 3.8) is 0 Å². The first-order chi connectivity index (χ1) is 10.6. The van der Waals surface area contributed by atoms with E-state index >= 15 is 0 Å². The van der Waals surface area contributed by atoms with E-state index in [2.05, 4.69) is 4.98 Å². The van der Waals surface area contributed by atoms with Gasteiger partial charge in [0.15, 0.2) is 0 Å². The number of nitrogens with zero attached hydrogens (tertiary/aromatic N) is 2. The molecule has 0 bridgehead atoms. The topological polar surface area (TPSA) is 70.4 Å². The molecule has 1 aliphatic rings. The normalized spacial score (nSPS) is 15.0. The highest BCUT2D eigenvalue weighted by Gasteiger charge is 2.24. The van der Waals surface area contributed by atoms with Gasteiger partial charge in [-0.2, -0.15) is 0 Å². The summed E-state index contributed by atoms with van der Waals surface area (Å²) in [6.45, 7) is 2.16. The van der Waals surface area contributed by atoms with Gasteiger partial charge in [-0.1, -0.05) is 0 Å². The molecule has 1 unspecified atom stereocenters. The Bertz CT molecular complexity index is 765. The second kappa shape index (κ2) is 6.18. The van der Waals surface area contributed by atoms with Gasteiger partial charge in [0.1, 0.15) is 17.5 Å². The molecule has 0 aliphatic heterocycles. The minimum absolute atomic E-state index is 0.152. The fraction of sp³-hybridized carbons (Fsp3) is 0.533. The molecule has 0 radical (unpaired) electrons. The van der Waals surface area contributed by atoms with Crippen LogP contribution in [0.3, 0.4) is 0 Å². The molecule has 2 heterocycles. The Labute approximate surface area is 131 Å². The van der Waals surface area contributed by atoms with Crippen LogP contribution in [0.4, 0.5) is 0 Å². The zero-order valence-corrected chi connectivity index (χ0v) is 13.4. The largest absolute Gasteiger partial charge is 0.462 e. The zero-order valence-electron chi connectivity index (χ0n) is 12.6. The van der Waals surface area contributed by atoms with Crippen LogP contribution in [0.15, 0.2) is 11.1 Å². The van der Waals surface area contributed by atoms with Gasteiger partial charge in [0.25, 0.3) is 5.56 Å². The van der Waals surface area contributed by atoms with Crippen LogP contribution in [0.5, 0.6) is 0 Å². The zero-order chi connectivity index (χ0) is 15.7. The lowest BCUT2D eigenvalue weighted by atomic mass is 10.2. The lowest BCUT2D eigenvalue weighted by Gasteiger charge is -2.14. The molecule has 0 amide bonds. The van der Waals surface area contributed by atoms with Gasteiger partial charge in [0.2, 0.25) is 0 Å². The van der Waals surface area contributed by atoms with Crippen molar-refractivity contribution in [3.8, 4) is 0 Å². The van der Waals surface area contributed by atoms with Gasteiger partial charge in [0.05, 0.1) is 18.3 Å². The van der Waals surface area contributed by atoms with Gasteiger partial charge in [-0.3, -0.25) is 9.36 Å². The van der Waals surface area contributed by atoms with Crippen LogP contribution in [-0.4, -0.2) is 35.8 Å². The van der Waals surface area contributed by atoms with E-state index < -0.39 is 12.0 Å². The third-order valence-electron chi connectivity index (χ3n) is 3.94. The highest BCUT2D eigenvalue weighted by molar-refractivity contribution is 7.18. The molecule has 1 aliphatic carbocycles. The van der Waals surface area contributed by atoms with Crippen molar-refractivity contribution in [3.05, 3.63) is 27.1 Å². The third-order valence-corrected chi connectivity index (χ3v) is 5.14. The number of carbonyl (C=O) groups is 1. The van der Waals surface area contributed by atoms with Crippen molar-refractivity contribution in [2.24, 2.45) is 0 Å². The van der Waals surface area contributed by atoms with Gasteiger partial charge >= 0.3 is 5.97 Å². The minimum Gasteiger partial charge on any atom is -0.462 e. The van der Waals surface area contributed by atoms with Crippen molar-refractivity contribution in [1.82, 2.24) is 9.55 Å². The van der Waals surface area contributed by atoms with E-state index in [1.54, 1.807) is 18.3 Å². The van der Waals surface area contributed by atoms with Gasteiger partial charge in [-0.25, -0.2) is 9.78 Å². The lowest BCUT2D eigenvalue weighted by Crippen LogP contribution is -2.30. The van der Waals surface area contributed by atoms with Crippen LogP contribution in [-0.2, 0) is 27.1 Å². The average molecular weight is 322 g/mol. The van der Waals surface area contributed by atoms with Crippen molar-refractivity contribution >= 4 is 27.5 Å². The summed E-state index contributed by atoms with van der Waals surface area (Å²) in [5, 5.41) is 0.677. The summed E-state index contributed by atoms with van der Waals surface area (Å²) in [6, 6.07) is -0.696. The van der Waals surface area contributed by atoms with E-state index in [1.165, 1.54) is 22.9 Å². The molecule has 2 aromatic heterocycles. The lowest BCUT2D eigenvalue weighted by molar-refractivity contribution is -0.148. The number of fused-ring (bicyclic) bond motifs is 3. The average Bonchev–Trinajstić information content (AvgIpc) is 3.07. The van der Waals surface area contributed by atoms with E-state index in [9.17, 15) is 9.59 Å². The van der Waals surface area contributed by atoms with E-state index in [0.29, 0.717) is 12.0 Å². The monoisotopic (exact) mass is 322 g/mol. The molecular weight excluding hydrogens is 304 g/mol. The molecule has 2 aromatic rings. The summed E-state index contributed by atoms with van der Waals surface area (Å²) < 4.78 is 11.3. The Kier molecular flexibility index (Phi) is 4.26. The van der Waals surface area contributed by atoms with Crippen molar-refractivity contribution in [1.29, 1.82) is 0 Å². The highest BCUT2D eigenvalue weighted by atomic mass is 32.1. The number of ether oxygens (including phenoxy) is 2. The number of rotatable bonds is 5. The SMILES string of the molecule is COCCOC(=O)C(C)n1cnc2sc3c(c2c1=O)CCC3. The third kappa shape index (κ3) is 2.55. The number of hydrogen-bond donors (Lipinski definition) is 0. The molecule has 0 saturated carbocycles. The molecule has 0 fully saturated rings. The fourth-order valence-electron chi connectivity index (χ4n) is 2.73. The Morgan fingerprint density at radius 1 is 1.45 bits per heavy atom. The summed E-state index contributed by atoms with van der Waals surface area (Å²) in [7, 11) is 1.54. The van der Waals surface area contributed by atoms with Crippen LogP contribution in [0.1, 0.15) is 29.8 Å². The molecule has 7 heteroatoms. The maximum Gasteiger partial charge on any atom is 0.329 e. The first-order valence-corrected chi connectivity index (χ1v) is 8.12. The first kappa shape index (κ1) is 15.2. The van der Waals surface area contributed by atoms with Crippen LogP contribution in [0, 0.1) is 0 Å². The van der Waals surface area contributed by atoms with Gasteiger partial charge in [-0.15, -0.1) is 11.3 Å². The van der Waals surface area contributed by atoms with Gasteiger partial charge in [-0.05, 0) is 31.7 Å². The number of thiophene rings is 1. The van der Waals surface area contributed by atoms with Crippen LogP contribution >= 0.6 is 11.3 Å². The van der Waals surface area contributed by atoms with Crippen molar-refractivity contribution in [2.75, 3.05) is 20.3 Å². The Morgan fingerprint density at radius 2 is 2.27 bits per heavy atom. The Hall–Kier alpha value is -1.73. The molecule has 0 aromatic carbocycles. The number of carbonyl (C=O) groups excluding carboxylic acids is 1. The predicted octanol–water partition coefficient (Wildman–Crippen LogP) is 1.70. The second-order valence-electron chi connectivity index (χ2n) is 5.33. The summed E-state index contributed by atoms with van der Waals surface area (Å²) >= 11 is 1.59. The quantitative estimate of drug-likeness (QED) is 0.619. The molecular formula is C15H18N2O4S. The van der Waals surface area contributed by atoms with Crippen LogP contribution < -0.4 is 5.56 Å². The summed E-state index contributed by atoms with van der Waals surface area (Å²) in [6.07, 6.45) is 4.46. The molecule has 3 rings (SSSR count). The Balaban J connectivity index is 1.92. The fourth-order valence-corrected chi connectivity index (χ4v) is 3.95. The smallest absolute Gasteiger partial charge is 0.329 e. The summed E-state index contributed by atoms with van der Waals surface area (Å²) in [4.78, 5) is 31.1. The molecule has 0 spiro atoms. The standard InChI is InChI=1S/C15H18N2O4S/c1-9(15(19)21-7-6-20-2)17-8-16-13-12(14(17)18)10-4-3-5-11(10)22-13/h8-9H,3-7H2,1-2H3. The molecule has 22 heavy (non-hydrogen) atoms. The number of aryl methyl sites for hydroxylation is 2. The number of hydrogen-bond acceptors (Lipinski definition) is 6. The maximum absolute atomic E-state index is 12.7. The van der Waals surface area contributed by atoms with E-state index in [4.69, 9.17) is 9.47 Å². The van der Waals surface area contributed by atoms with Crippen LogP contribution in [0.25, 0.3) is 10.2 Å². The first-order valence-electron chi connectivity index (χ1n) is 7.30. The number of methoxy groups -OCH3 is 1. The second-order valence-corrected chi connectivity index (χ2v) is 6.41. The van der Waals surface area contributed by atoms with E-state index in [-0.39, 0.29) is 12.2 Å². The van der Waals surface area contributed by atoms with Crippen LogP contribution in [0.2, 0.25) is 0 Å². The van der Waals surface area contributed by atoms with E-state index in [1.807, 2.05) is 0 Å². The highest BCUT2D eigenvalue weighted by Crippen LogP contribution is 2.34. The molecule has 6 nitrogen and oxygen atoms in total. The number of esters is 1. The van der Waals surface area contributed by atoms with Crippen molar-refractivity contribution in [2.45, 2.75) is 32.2 Å². The van der Waals surface area contributed by atoms with Crippen molar-refractivity contribution < 1.29 is 14.3 Å². The molecule has 0 saturated heterocycles. The summed E-state index contributed by atoms with van der Waals surface area (Å²) in [5.74, 6) is -0.452. The maximum atomic E-state index is 12.7. The Morgan fingerprint density at radius 3 is 3.05 bits per heavy atom. The molecule has 1 atom stereocenters. The molecule has 118 valence electrons. The predicted molar refractivity (Wildman–Crippen MR) is 83.5 cm³/mol. The minimum atomic E-state index is -0.696. The van der Waals surface area contributed by atoms with Gasteiger partial charge < -0.3 is 9.47 Å². The van der Waals surface area contributed by atoms with E-state index in [0.717, 1.165) is 29.7 Å². The summed E-state index contributed by atoms with van der Waals surface area (Å²) in [5.41, 5.74) is 0.965.